The summed E-state index contributed by atoms with van der Waals surface area (Å²) in [7, 11) is -3.37. The summed E-state index contributed by atoms with van der Waals surface area (Å²) in [5.41, 5.74) is 0.840. The molecule has 1 aromatic carbocycles. The molecule has 0 aliphatic carbocycles. The molecule has 1 aromatic heterocycles. The number of nitriles is 1. The van der Waals surface area contributed by atoms with Gasteiger partial charge in [0.2, 0.25) is 5.91 Å². The SMILES string of the molecule is N#Cc1ccnc(SCC(=O)N(c2ccc(F)cc2)C2C=CS(=O)(=O)C2)c1. The highest BCUT2D eigenvalue weighted by Gasteiger charge is 2.31. The van der Waals surface area contributed by atoms with Crippen molar-refractivity contribution >= 4 is 33.2 Å². The number of thioether (sulfide) groups is 1. The molecule has 0 saturated heterocycles. The van der Waals surface area contributed by atoms with Crippen LogP contribution in [0.2, 0.25) is 0 Å². The summed E-state index contributed by atoms with van der Waals surface area (Å²) in [6.45, 7) is 0. The van der Waals surface area contributed by atoms with Crippen LogP contribution in [0.4, 0.5) is 10.1 Å². The van der Waals surface area contributed by atoms with E-state index in [1.807, 2.05) is 6.07 Å². The molecular formula is C18H14FN3O3S2. The van der Waals surface area contributed by atoms with Crippen LogP contribution < -0.4 is 4.90 Å². The molecule has 138 valence electrons. The van der Waals surface area contributed by atoms with E-state index in [-0.39, 0.29) is 17.4 Å². The van der Waals surface area contributed by atoms with Gasteiger partial charge in [0.1, 0.15) is 5.82 Å². The summed E-state index contributed by atoms with van der Waals surface area (Å²) in [6, 6.07) is 9.78. The predicted molar refractivity (Wildman–Crippen MR) is 100 cm³/mol. The first-order valence-corrected chi connectivity index (χ1v) is 10.6. The molecule has 27 heavy (non-hydrogen) atoms. The van der Waals surface area contributed by atoms with Crippen LogP contribution in [0.15, 0.2) is 59.1 Å². The van der Waals surface area contributed by atoms with Crippen molar-refractivity contribution in [3.63, 3.8) is 0 Å². The molecule has 3 rings (SSSR count). The Hall–Kier alpha value is -2.70. The number of carbonyl (C=O) groups is 1. The lowest BCUT2D eigenvalue weighted by molar-refractivity contribution is -0.116. The van der Waals surface area contributed by atoms with Crippen molar-refractivity contribution in [3.8, 4) is 6.07 Å². The highest BCUT2D eigenvalue weighted by molar-refractivity contribution is 7.99. The number of nitrogens with zero attached hydrogens (tertiary/aromatic N) is 3. The Morgan fingerprint density at radius 2 is 2.07 bits per heavy atom. The van der Waals surface area contributed by atoms with Crippen molar-refractivity contribution in [2.75, 3.05) is 16.4 Å². The third-order valence-corrected chi connectivity index (χ3v) is 6.11. The molecule has 1 aliphatic rings. The number of hydrogen-bond donors (Lipinski definition) is 0. The standard InChI is InChI=1S/C18H14FN3O3S2/c19-14-1-3-15(4-2-14)22(16-6-8-27(24,25)12-16)18(23)11-26-17-9-13(10-20)5-7-21-17/h1-9,16H,11-12H2. The quantitative estimate of drug-likeness (QED) is 0.713. The molecule has 9 heteroatoms. The van der Waals surface area contributed by atoms with E-state index in [4.69, 9.17) is 5.26 Å². The lowest BCUT2D eigenvalue weighted by Crippen LogP contribution is -2.42. The van der Waals surface area contributed by atoms with Crippen LogP contribution >= 0.6 is 11.8 Å². The number of benzene rings is 1. The maximum absolute atomic E-state index is 13.2. The van der Waals surface area contributed by atoms with Gasteiger partial charge < -0.3 is 4.90 Å². The molecule has 0 saturated carbocycles. The molecule has 0 N–H and O–H groups in total. The van der Waals surface area contributed by atoms with Crippen LogP contribution in [0.3, 0.4) is 0 Å². The van der Waals surface area contributed by atoms with Crippen LogP contribution in [0.25, 0.3) is 0 Å². The van der Waals surface area contributed by atoms with Gasteiger partial charge >= 0.3 is 0 Å². The monoisotopic (exact) mass is 403 g/mol. The number of carbonyl (C=O) groups excluding carboxylic acids is 1. The Balaban J connectivity index is 1.81. The zero-order valence-electron chi connectivity index (χ0n) is 13.9. The number of sulfone groups is 1. The Kier molecular flexibility index (Phi) is 5.58. The van der Waals surface area contributed by atoms with E-state index in [1.54, 1.807) is 12.1 Å². The van der Waals surface area contributed by atoms with E-state index in [1.165, 1.54) is 41.4 Å². The summed E-state index contributed by atoms with van der Waals surface area (Å²) >= 11 is 1.14. The highest BCUT2D eigenvalue weighted by Crippen LogP contribution is 2.25. The largest absolute Gasteiger partial charge is 0.304 e. The minimum absolute atomic E-state index is 0.0103. The van der Waals surface area contributed by atoms with E-state index < -0.39 is 21.7 Å². The Morgan fingerprint density at radius 3 is 2.70 bits per heavy atom. The smallest absolute Gasteiger partial charge is 0.237 e. The van der Waals surface area contributed by atoms with E-state index in [9.17, 15) is 17.6 Å². The summed E-state index contributed by atoms with van der Waals surface area (Å²) in [5.74, 6) is -1.03. The third-order valence-electron chi connectivity index (χ3n) is 3.82. The van der Waals surface area contributed by atoms with Crippen LogP contribution in [-0.2, 0) is 14.6 Å². The molecule has 1 aliphatic heterocycles. The lowest BCUT2D eigenvalue weighted by Gasteiger charge is -2.27. The zero-order valence-corrected chi connectivity index (χ0v) is 15.6. The lowest BCUT2D eigenvalue weighted by atomic mass is 10.2. The molecule has 6 nitrogen and oxygen atoms in total. The summed E-state index contributed by atoms with van der Waals surface area (Å²) < 4.78 is 36.8. The van der Waals surface area contributed by atoms with E-state index in [0.29, 0.717) is 16.3 Å². The van der Waals surface area contributed by atoms with Crippen LogP contribution in [-0.4, -0.2) is 36.9 Å². The van der Waals surface area contributed by atoms with Crippen molar-refractivity contribution < 1.29 is 17.6 Å². The highest BCUT2D eigenvalue weighted by atomic mass is 32.2. The predicted octanol–water partition coefficient (Wildman–Crippen LogP) is 2.53. The number of rotatable bonds is 5. The summed E-state index contributed by atoms with van der Waals surface area (Å²) in [4.78, 5) is 18.3. The first kappa shape index (κ1) is 19.1. The van der Waals surface area contributed by atoms with Crippen molar-refractivity contribution in [1.82, 2.24) is 4.98 Å². The van der Waals surface area contributed by atoms with Gasteiger partial charge in [0.15, 0.2) is 9.84 Å². The normalized spacial score (nSPS) is 17.4. The minimum Gasteiger partial charge on any atom is -0.304 e. The Labute approximate surface area is 160 Å². The number of halogens is 1. The second-order valence-corrected chi connectivity index (χ2v) is 8.68. The number of amides is 1. The third kappa shape index (κ3) is 4.72. The molecule has 1 amide bonds. The van der Waals surface area contributed by atoms with Gasteiger partial charge in [-0.3, -0.25) is 4.79 Å². The average molecular weight is 403 g/mol. The van der Waals surface area contributed by atoms with Gasteiger partial charge in [-0.15, -0.1) is 0 Å². The van der Waals surface area contributed by atoms with Crippen molar-refractivity contribution in [2.24, 2.45) is 0 Å². The number of hydrogen-bond acceptors (Lipinski definition) is 6. The van der Waals surface area contributed by atoms with Crippen LogP contribution in [0, 0.1) is 17.1 Å². The first-order chi connectivity index (χ1) is 12.9. The van der Waals surface area contributed by atoms with E-state index in [0.717, 1.165) is 17.2 Å². The number of anilines is 1. The number of aromatic nitrogens is 1. The fraction of sp³-hybridized carbons (Fsp3) is 0.167. The second kappa shape index (κ2) is 7.90. The molecule has 0 fully saturated rings. The van der Waals surface area contributed by atoms with E-state index >= 15 is 0 Å². The molecular weight excluding hydrogens is 389 g/mol. The van der Waals surface area contributed by atoms with Gasteiger partial charge in [0.05, 0.1) is 34.2 Å². The van der Waals surface area contributed by atoms with E-state index in [2.05, 4.69) is 4.98 Å². The van der Waals surface area contributed by atoms with Gasteiger partial charge in [0.25, 0.3) is 0 Å². The van der Waals surface area contributed by atoms with Crippen molar-refractivity contribution in [1.29, 1.82) is 5.26 Å². The maximum atomic E-state index is 13.2. The average Bonchev–Trinajstić information content (AvgIpc) is 3.01. The Morgan fingerprint density at radius 1 is 1.33 bits per heavy atom. The molecule has 1 unspecified atom stereocenters. The Bertz CT molecular complexity index is 1030. The van der Waals surface area contributed by atoms with Gasteiger partial charge in [-0.25, -0.2) is 17.8 Å². The molecule has 0 spiro atoms. The summed E-state index contributed by atoms with van der Waals surface area (Å²) in [6.07, 6.45) is 2.94. The van der Waals surface area contributed by atoms with Crippen LogP contribution in [0.1, 0.15) is 5.56 Å². The first-order valence-electron chi connectivity index (χ1n) is 7.85. The fourth-order valence-corrected chi connectivity index (χ4v) is 4.63. The second-order valence-electron chi connectivity index (χ2n) is 5.75. The van der Waals surface area contributed by atoms with Gasteiger partial charge in [-0.1, -0.05) is 11.8 Å². The van der Waals surface area contributed by atoms with Gasteiger partial charge in [-0.05, 0) is 42.5 Å². The molecule has 2 aromatic rings. The van der Waals surface area contributed by atoms with Gasteiger partial charge in [-0.2, -0.15) is 5.26 Å². The van der Waals surface area contributed by atoms with Crippen molar-refractivity contribution in [2.45, 2.75) is 11.1 Å². The number of pyridine rings is 1. The van der Waals surface area contributed by atoms with Gasteiger partial charge in [0, 0.05) is 17.3 Å². The summed E-state index contributed by atoms with van der Waals surface area (Å²) in [5, 5.41) is 10.5. The maximum Gasteiger partial charge on any atom is 0.237 e. The zero-order chi connectivity index (χ0) is 19.4. The molecule has 0 bridgehead atoms. The molecule has 1 atom stereocenters. The van der Waals surface area contributed by atoms with Crippen molar-refractivity contribution in [3.05, 3.63) is 65.5 Å². The topological polar surface area (TPSA) is 91.1 Å². The van der Waals surface area contributed by atoms with Crippen LogP contribution in [0.5, 0.6) is 0 Å². The fourth-order valence-electron chi connectivity index (χ4n) is 2.61. The minimum atomic E-state index is -3.37. The molecule has 2 heterocycles. The molecule has 0 radical (unpaired) electrons.